The second kappa shape index (κ2) is 5.63. The van der Waals surface area contributed by atoms with Crippen molar-refractivity contribution in [3.05, 3.63) is 33.5 Å². The average Bonchev–Trinajstić information content (AvgIpc) is 2.98. The summed E-state index contributed by atoms with van der Waals surface area (Å²) in [6.45, 7) is 3.75. The number of likely N-dealkylation sites (N-methyl/N-ethyl adjacent to an activating group) is 1. The van der Waals surface area contributed by atoms with E-state index in [-0.39, 0.29) is 5.78 Å². The van der Waals surface area contributed by atoms with Crippen molar-refractivity contribution in [1.29, 1.82) is 0 Å². The van der Waals surface area contributed by atoms with Gasteiger partial charge >= 0.3 is 0 Å². The predicted octanol–water partition coefficient (Wildman–Crippen LogP) is 3.47. The Morgan fingerprint density at radius 3 is 2.89 bits per heavy atom. The van der Waals surface area contributed by atoms with E-state index in [0.717, 1.165) is 16.4 Å². The van der Waals surface area contributed by atoms with Crippen LogP contribution in [0.15, 0.2) is 23.7 Å². The van der Waals surface area contributed by atoms with Crippen LogP contribution in [0.2, 0.25) is 0 Å². The minimum atomic E-state index is 0.0815. The molecular weight excluding hydrogens is 264 g/mol. The minimum Gasteiger partial charge on any atom is -0.348 e. The maximum absolute atomic E-state index is 11.3. The Morgan fingerprint density at radius 2 is 2.33 bits per heavy atom. The minimum absolute atomic E-state index is 0.0815. The first kappa shape index (κ1) is 13.2. The normalized spacial score (nSPS) is 12.4. The van der Waals surface area contributed by atoms with Crippen molar-refractivity contribution < 1.29 is 4.79 Å². The molecule has 0 radical (unpaired) electrons. The Bertz CT molecular complexity index is 519. The maximum Gasteiger partial charge on any atom is 0.185 e. The van der Waals surface area contributed by atoms with Crippen LogP contribution in [0.1, 0.15) is 28.4 Å². The molecule has 0 N–H and O–H groups in total. The van der Waals surface area contributed by atoms with Gasteiger partial charge in [0.25, 0.3) is 0 Å². The lowest BCUT2D eigenvalue weighted by Gasteiger charge is -2.23. The van der Waals surface area contributed by atoms with E-state index in [1.807, 2.05) is 7.05 Å². The molecule has 18 heavy (non-hydrogen) atoms. The van der Waals surface area contributed by atoms with Crippen molar-refractivity contribution in [2.75, 3.05) is 11.9 Å². The zero-order valence-electron chi connectivity index (χ0n) is 10.7. The fourth-order valence-corrected chi connectivity index (χ4v) is 3.34. The number of hydrogen-bond acceptors (Lipinski definition) is 5. The SMILES string of the molecule is CC(=O)c1cnc(N(C)C(C)Cc2cccs2)s1. The molecule has 0 aliphatic rings. The van der Waals surface area contributed by atoms with E-state index in [2.05, 4.69) is 34.3 Å². The van der Waals surface area contributed by atoms with Gasteiger partial charge in [-0.2, -0.15) is 0 Å². The third kappa shape index (κ3) is 2.97. The number of anilines is 1. The number of nitrogens with zero attached hydrogens (tertiary/aromatic N) is 2. The summed E-state index contributed by atoms with van der Waals surface area (Å²) in [5.41, 5.74) is 0. The fraction of sp³-hybridized carbons (Fsp3) is 0.385. The van der Waals surface area contributed by atoms with Crippen LogP contribution in [0, 0.1) is 0 Å². The highest BCUT2D eigenvalue weighted by Gasteiger charge is 2.15. The van der Waals surface area contributed by atoms with Crippen LogP contribution in [-0.2, 0) is 6.42 Å². The van der Waals surface area contributed by atoms with E-state index < -0.39 is 0 Å². The molecular formula is C13H16N2OS2. The molecule has 3 nitrogen and oxygen atoms in total. The average molecular weight is 280 g/mol. The molecule has 0 spiro atoms. The molecule has 0 aliphatic carbocycles. The molecule has 1 unspecified atom stereocenters. The number of aromatic nitrogens is 1. The van der Waals surface area contributed by atoms with Gasteiger partial charge < -0.3 is 4.90 Å². The lowest BCUT2D eigenvalue weighted by molar-refractivity contribution is 0.102. The summed E-state index contributed by atoms with van der Waals surface area (Å²) in [7, 11) is 2.03. The fourth-order valence-electron chi connectivity index (χ4n) is 1.64. The second-order valence-corrected chi connectivity index (χ2v) is 6.35. The zero-order chi connectivity index (χ0) is 13.1. The number of carbonyl (C=O) groups is 1. The summed E-state index contributed by atoms with van der Waals surface area (Å²) in [4.78, 5) is 19.8. The van der Waals surface area contributed by atoms with Gasteiger partial charge in [-0.15, -0.1) is 11.3 Å². The third-order valence-corrected chi connectivity index (χ3v) is 4.97. The number of thiophene rings is 1. The molecule has 0 fully saturated rings. The summed E-state index contributed by atoms with van der Waals surface area (Å²) in [5, 5.41) is 3.00. The second-order valence-electron chi connectivity index (χ2n) is 4.31. The van der Waals surface area contributed by atoms with Crippen LogP contribution in [0.25, 0.3) is 0 Å². The van der Waals surface area contributed by atoms with Gasteiger partial charge in [-0.05, 0) is 18.4 Å². The first-order valence-corrected chi connectivity index (χ1v) is 7.49. The number of Topliss-reactive ketones (excluding diaryl/α,β-unsaturated/α-hetero) is 1. The van der Waals surface area contributed by atoms with Crippen molar-refractivity contribution in [2.24, 2.45) is 0 Å². The molecule has 0 amide bonds. The molecule has 0 aliphatic heterocycles. The molecule has 2 rings (SSSR count). The molecule has 2 aromatic rings. The Morgan fingerprint density at radius 1 is 1.56 bits per heavy atom. The number of rotatable bonds is 5. The quantitative estimate of drug-likeness (QED) is 0.786. The number of hydrogen-bond donors (Lipinski definition) is 0. The molecule has 0 saturated carbocycles. The Kier molecular flexibility index (Phi) is 4.14. The maximum atomic E-state index is 11.3. The first-order chi connectivity index (χ1) is 8.58. The van der Waals surface area contributed by atoms with Crippen molar-refractivity contribution in [3.63, 3.8) is 0 Å². The van der Waals surface area contributed by atoms with E-state index in [0.29, 0.717) is 6.04 Å². The number of carbonyl (C=O) groups excluding carboxylic acids is 1. The highest BCUT2D eigenvalue weighted by molar-refractivity contribution is 7.17. The predicted molar refractivity (Wildman–Crippen MR) is 78.0 cm³/mol. The van der Waals surface area contributed by atoms with Gasteiger partial charge in [0, 0.05) is 31.3 Å². The topological polar surface area (TPSA) is 33.2 Å². The van der Waals surface area contributed by atoms with Crippen molar-refractivity contribution in [2.45, 2.75) is 26.3 Å². The smallest absolute Gasteiger partial charge is 0.185 e. The number of thiazole rings is 1. The van der Waals surface area contributed by atoms with E-state index in [1.165, 1.54) is 16.2 Å². The van der Waals surface area contributed by atoms with Crippen molar-refractivity contribution in [1.82, 2.24) is 4.98 Å². The van der Waals surface area contributed by atoms with Crippen LogP contribution >= 0.6 is 22.7 Å². The van der Waals surface area contributed by atoms with Crippen molar-refractivity contribution in [3.8, 4) is 0 Å². The van der Waals surface area contributed by atoms with E-state index in [9.17, 15) is 4.79 Å². The van der Waals surface area contributed by atoms with Crippen molar-refractivity contribution >= 4 is 33.6 Å². The van der Waals surface area contributed by atoms with Crippen LogP contribution in [0.5, 0.6) is 0 Å². The van der Waals surface area contributed by atoms with Gasteiger partial charge in [0.1, 0.15) is 0 Å². The van der Waals surface area contributed by atoms with Gasteiger partial charge in [0.05, 0.1) is 11.1 Å². The van der Waals surface area contributed by atoms with Gasteiger partial charge in [0.2, 0.25) is 0 Å². The lowest BCUT2D eigenvalue weighted by atomic mass is 10.2. The monoisotopic (exact) mass is 280 g/mol. The molecule has 1 atom stereocenters. The third-order valence-electron chi connectivity index (χ3n) is 2.88. The standard InChI is InChI=1S/C13H16N2OS2/c1-9(7-11-5-4-6-17-11)15(3)13-14-8-12(18-13)10(2)16/h4-6,8-9H,7H2,1-3H3. The van der Waals surface area contributed by atoms with E-state index in [4.69, 9.17) is 0 Å². The number of ketones is 1. The van der Waals surface area contributed by atoms with E-state index in [1.54, 1.807) is 24.5 Å². The molecule has 96 valence electrons. The van der Waals surface area contributed by atoms with Gasteiger partial charge in [-0.3, -0.25) is 4.79 Å². The van der Waals surface area contributed by atoms with Gasteiger partial charge in [0.15, 0.2) is 10.9 Å². The summed E-state index contributed by atoms with van der Waals surface area (Å²) in [5.74, 6) is 0.0815. The van der Waals surface area contributed by atoms with E-state index >= 15 is 0 Å². The summed E-state index contributed by atoms with van der Waals surface area (Å²) in [6.07, 6.45) is 2.67. The Labute approximate surface area is 115 Å². The molecule has 2 aromatic heterocycles. The van der Waals surface area contributed by atoms with Crippen LogP contribution in [0.3, 0.4) is 0 Å². The van der Waals surface area contributed by atoms with Crippen LogP contribution in [0.4, 0.5) is 5.13 Å². The highest BCUT2D eigenvalue weighted by Crippen LogP contribution is 2.24. The molecule has 0 bridgehead atoms. The zero-order valence-corrected chi connectivity index (χ0v) is 12.3. The molecule has 0 aromatic carbocycles. The summed E-state index contributed by atoms with van der Waals surface area (Å²) >= 11 is 3.23. The van der Waals surface area contributed by atoms with Gasteiger partial charge in [-0.25, -0.2) is 4.98 Å². The Hall–Kier alpha value is -1.20. The lowest BCUT2D eigenvalue weighted by Crippen LogP contribution is -2.30. The summed E-state index contributed by atoms with van der Waals surface area (Å²) in [6, 6.07) is 4.59. The Balaban J connectivity index is 2.05. The van der Waals surface area contributed by atoms with Crippen LogP contribution in [-0.4, -0.2) is 23.9 Å². The first-order valence-electron chi connectivity index (χ1n) is 5.80. The molecule has 5 heteroatoms. The summed E-state index contributed by atoms with van der Waals surface area (Å²) < 4.78 is 0. The van der Waals surface area contributed by atoms with Crippen LogP contribution < -0.4 is 4.90 Å². The molecule has 2 heterocycles. The highest BCUT2D eigenvalue weighted by atomic mass is 32.1. The largest absolute Gasteiger partial charge is 0.348 e. The molecule has 0 saturated heterocycles. The van der Waals surface area contributed by atoms with Gasteiger partial charge in [-0.1, -0.05) is 17.4 Å².